The topological polar surface area (TPSA) is 62.3 Å². The molecule has 1 unspecified atom stereocenters. The van der Waals surface area contributed by atoms with E-state index in [1.807, 2.05) is 57.2 Å². The number of carbonyl (C=O) groups excluding carboxylic acids is 2. The van der Waals surface area contributed by atoms with Crippen molar-refractivity contribution in [2.75, 3.05) is 49.1 Å². The van der Waals surface area contributed by atoms with Gasteiger partial charge >= 0.3 is 5.97 Å². The van der Waals surface area contributed by atoms with Crippen LogP contribution in [0.25, 0.3) is 0 Å². The molecule has 1 saturated heterocycles. The van der Waals surface area contributed by atoms with Crippen molar-refractivity contribution in [3.05, 3.63) is 52.0 Å². The summed E-state index contributed by atoms with van der Waals surface area (Å²) in [5, 5.41) is 1.22. The molecule has 40 heavy (non-hydrogen) atoms. The van der Waals surface area contributed by atoms with Gasteiger partial charge in [0.2, 0.25) is 5.91 Å². The Bertz CT molecular complexity index is 1200. The van der Waals surface area contributed by atoms with E-state index < -0.39 is 11.6 Å². The molecule has 7 nitrogen and oxygen atoms in total. The molecule has 0 aromatic heterocycles. The van der Waals surface area contributed by atoms with Crippen molar-refractivity contribution in [1.82, 2.24) is 4.90 Å². The number of ether oxygens (including phenoxy) is 2. The summed E-state index contributed by atoms with van der Waals surface area (Å²) < 4.78 is 11.8. The SMILES string of the molecule is CCC(C)(C)C(=O)OC(C)N1C(=O)CCc2ccc(OCCCCN3CCN(c4cccc(Cl)c4Cl)CC3)cc21. The average molecular weight is 591 g/mol. The first kappa shape index (κ1) is 30.5. The Balaban J connectivity index is 1.25. The second kappa shape index (κ2) is 13.5. The maximum Gasteiger partial charge on any atom is 0.313 e. The number of esters is 1. The molecule has 1 atom stereocenters. The fourth-order valence-corrected chi connectivity index (χ4v) is 5.47. The highest BCUT2D eigenvalue weighted by molar-refractivity contribution is 6.43. The molecule has 2 aliphatic rings. The van der Waals surface area contributed by atoms with Crippen LogP contribution in [0, 0.1) is 5.41 Å². The van der Waals surface area contributed by atoms with Crippen LogP contribution in [0.4, 0.5) is 11.4 Å². The Kier molecular flexibility index (Phi) is 10.3. The van der Waals surface area contributed by atoms with Crippen molar-refractivity contribution in [2.45, 2.75) is 66.0 Å². The lowest BCUT2D eigenvalue weighted by atomic mass is 9.91. The quantitative estimate of drug-likeness (QED) is 0.218. The Morgan fingerprint density at radius 1 is 1.02 bits per heavy atom. The number of rotatable bonds is 11. The molecule has 2 heterocycles. The van der Waals surface area contributed by atoms with Gasteiger partial charge < -0.3 is 14.4 Å². The molecule has 0 radical (unpaired) electrons. The number of piperazine rings is 1. The van der Waals surface area contributed by atoms with Crippen molar-refractivity contribution in [3.8, 4) is 5.75 Å². The zero-order valence-corrected chi connectivity index (χ0v) is 25.6. The molecule has 0 spiro atoms. The normalized spacial score (nSPS) is 17.0. The molecular weight excluding hydrogens is 549 g/mol. The number of carbonyl (C=O) groups is 2. The molecule has 2 aromatic carbocycles. The second-order valence-corrected chi connectivity index (χ2v) is 12.0. The van der Waals surface area contributed by atoms with Crippen LogP contribution >= 0.6 is 23.2 Å². The Morgan fingerprint density at radius 2 is 1.77 bits per heavy atom. The van der Waals surface area contributed by atoms with E-state index in [9.17, 15) is 9.59 Å². The van der Waals surface area contributed by atoms with Crippen molar-refractivity contribution >= 4 is 46.5 Å². The van der Waals surface area contributed by atoms with Crippen LogP contribution in [0.2, 0.25) is 10.0 Å². The molecule has 0 N–H and O–H groups in total. The van der Waals surface area contributed by atoms with E-state index in [2.05, 4.69) is 9.80 Å². The third kappa shape index (κ3) is 7.23. The molecule has 0 bridgehead atoms. The van der Waals surface area contributed by atoms with Gasteiger partial charge in [-0.1, -0.05) is 42.3 Å². The molecule has 2 aromatic rings. The number of fused-ring (bicyclic) bond motifs is 1. The largest absolute Gasteiger partial charge is 0.494 e. The minimum atomic E-state index is -0.685. The van der Waals surface area contributed by atoms with Gasteiger partial charge in [-0.25, -0.2) is 0 Å². The second-order valence-electron chi connectivity index (χ2n) is 11.3. The first-order valence-electron chi connectivity index (χ1n) is 14.3. The third-order valence-corrected chi connectivity index (χ3v) is 8.86. The minimum absolute atomic E-state index is 0.0445. The number of hydrogen-bond acceptors (Lipinski definition) is 6. The molecule has 218 valence electrons. The van der Waals surface area contributed by atoms with E-state index in [0.29, 0.717) is 35.9 Å². The standard InChI is InChI=1S/C31H41Cl2N3O4/c1-5-31(3,4)30(38)40-22(2)36-27-21-24(13-11-23(27)12-14-28(36)37)39-20-7-6-15-34-16-18-35(19-17-34)26-10-8-9-25(32)29(26)33/h8-11,13,21-22H,5-7,12,14-20H2,1-4H3. The summed E-state index contributed by atoms with van der Waals surface area (Å²) in [6.45, 7) is 12.9. The minimum Gasteiger partial charge on any atom is -0.494 e. The van der Waals surface area contributed by atoms with E-state index in [-0.39, 0.29) is 11.9 Å². The highest BCUT2D eigenvalue weighted by atomic mass is 35.5. The van der Waals surface area contributed by atoms with Crippen LogP contribution in [-0.4, -0.2) is 62.3 Å². The lowest BCUT2D eigenvalue weighted by Gasteiger charge is -2.36. The number of aryl methyl sites for hydroxylation is 1. The highest BCUT2D eigenvalue weighted by Crippen LogP contribution is 2.35. The number of hydrogen-bond donors (Lipinski definition) is 0. The zero-order chi connectivity index (χ0) is 28.9. The van der Waals surface area contributed by atoms with Crippen LogP contribution in [0.3, 0.4) is 0 Å². The van der Waals surface area contributed by atoms with E-state index in [4.69, 9.17) is 32.7 Å². The van der Waals surface area contributed by atoms with Gasteiger partial charge in [-0.3, -0.25) is 19.4 Å². The third-order valence-electron chi connectivity index (χ3n) is 8.05. The van der Waals surface area contributed by atoms with Crippen molar-refractivity contribution in [2.24, 2.45) is 5.41 Å². The molecule has 1 fully saturated rings. The van der Waals surface area contributed by atoms with Gasteiger partial charge in [-0.2, -0.15) is 0 Å². The average Bonchev–Trinajstić information content (AvgIpc) is 2.94. The molecule has 4 rings (SSSR count). The van der Waals surface area contributed by atoms with Crippen molar-refractivity contribution in [3.63, 3.8) is 0 Å². The number of amides is 1. The van der Waals surface area contributed by atoms with Gasteiger partial charge in [0, 0.05) is 38.7 Å². The first-order chi connectivity index (χ1) is 19.1. The summed E-state index contributed by atoms with van der Waals surface area (Å²) in [6, 6.07) is 11.7. The summed E-state index contributed by atoms with van der Waals surface area (Å²) in [7, 11) is 0. The van der Waals surface area contributed by atoms with Gasteiger partial charge in [0.05, 0.1) is 33.4 Å². The van der Waals surface area contributed by atoms with Gasteiger partial charge in [0.1, 0.15) is 5.75 Å². The van der Waals surface area contributed by atoms with Crippen LogP contribution in [-0.2, 0) is 20.7 Å². The van der Waals surface area contributed by atoms with Crippen LogP contribution < -0.4 is 14.5 Å². The number of benzene rings is 2. The summed E-state index contributed by atoms with van der Waals surface area (Å²) in [6.07, 6.45) is 3.01. The van der Waals surface area contributed by atoms with Gasteiger partial charge in [0.25, 0.3) is 0 Å². The summed E-state index contributed by atoms with van der Waals surface area (Å²) in [4.78, 5) is 31.9. The Morgan fingerprint density at radius 3 is 2.50 bits per heavy atom. The fourth-order valence-electron chi connectivity index (χ4n) is 5.05. The van der Waals surface area contributed by atoms with Crippen LogP contribution in [0.15, 0.2) is 36.4 Å². The molecule has 0 aliphatic carbocycles. The molecule has 2 aliphatic heterocycles. The number of unbranched alkanes of at least 4 members (excludes halogenated alkanes) is 1. The smallest absolute Gasteiger partial charge is 0.313 e. The molecule has 0 saturated carbocycles. The van der Waals surface area contributed by atoms with Crippen LogP contribution in [0.5, 0.6) is 5.75 Å². The number of halogens is 2. The summed E-state index contributed by atoms with van der Waals surface area (Å²) >= 11 is 12.6. The molecule has 9 heteroatoms. The maximum absolute atomic E-state index is 12.9. The molecule has 1 amide bonds. The lowest BCUT2D eigenvalue weighted by Crippen LogP contribution is -2.46. The fraction of sp³-hybridized carbons (Fsp3) is 0.548. The van der Waals surface area contributed by atoms with Crippen molar-refractivity contribution in [1.29, 1.82) is 0 Å². The van der Waals surface area contributed by atoms with Gasteiger partial charge in [-0.05, 0) is 76.8 Å². The van der Waals surface area contributed by atoms with E-state index in [1.54, 1.807) is 11.8 Å². The van der Waals surface area contributed by atoms with Crippen molar-refractivity contribution < 1.29 is 19.1 Å². The lowest BCUT2D eigenvalue weighted by molar-refractivity contribution is -0.159. The summed E-state index contributed by atoms with van der Waals surface area (Å²) in [5.74, 6) is 0.374. The van der Waals surface area contributed by atoms with Gasteiger partial charge in [-0.15, -0.1) is 0 Å². The first-order valence-corrected chi connectivity index (χ1v) is 15.1. The van der Waals surface area contributed by atoms with E-state index in [0.717, 1.165) is 68.3 Å². The van der Waals surface area contributed by atoms with E-state index >= 15 is 0 Å². The highest BCUT2D eigenvalue weighted by Gasteiger charge is 2.34. The summed E-state index contributed by atoms with van der Waals surface area (Å²) in [5.41, 5.74) is 2.23. The van der Waals surface area contributed by atoms with Crippen LogP contribution in [0.1, 0.15) is 58.9 Å². The monoisotopic (exact) mass is 589 g/mol. The number of anilines is 2. The molecular formula is C31H41Cl2N3O4. The predicted molar refractivity (Wildman–Crippen MR) is 162 cm³/mol. The Hall–Kier alpha value is -2.48. The van der Waals surface area contributed by atoms with E-state index in [1.165, 1.54) is 0 Å². The van der Waals surface area contributed by atoms with Gasteiger partial charge in [0.15, 0.2) is 6.23 Å². The predicted octanol–water partition coefficient (Wildman–Crippen LogP) is 6.58. The Labute approximate surface area is 248 Å². The maximum atomic E-state index is 12.9. The zero-order valence-electron chi connectivity index (χ0n) is 24.1. The number of nitrogens with zero attached hydrogens (tertiary/aromatic N) is 3.